The molecular weight excluding hydrogens is 350 g/mol. The van der Waals surface area contributed by atoms with Crippen molar-refractivity contribution in [3.63, 3.8) is 0 Å². The van der Waals surface area contributed by atoms with Crippen LogP contribution in [0.4, 0.5) is 5.95 Å². The minimum absolute atomic E-state index is 0.151. The first-order valence-electron chi connectivity index (χ1n) is 9.63. The van der Waals surface area contributed by atoms with E-state index in [-0.39, 0.29) is 12.2 Å². The standard InChI is InChI=1S/C22H25N5O/c1-14-10-18(7-9-23-14)20-11-25-22(27-12-15(2)28-16(3)13-27)26-21(20)19-6-5-8-24-17(19)4/h5-11,15-16H,12-13H2,1-4H3/t15-,16+. The summed E-state index contributed by atoms with van der Waals surface area (Å²) in [5.41, 5.74) is 5.87. The maximum absolute atomic E-state index is 5.86. The first kappa shape index (κ1) is 18.5. The highest BCUT2D eigenvalue weighted by Crippen LogP contribution is 2.33. The van der Waals surface area contributed by atoms with Gasteiger partial charge in [0.2, 0.25) is 5.95 Å². The van der Waals surface area contributed by atoms with Crippen LogP contribution < -0.4 is 4.90 Å². The summed E-state index contributed by atoms with van der Waals surface area (Å²) in [4.78, 5) is 20.7. The third kappa shape index (κ3) is 3.73. The van der Waals surface area contributed by atoms with Gasteiger partial charge in [-0.15, -0.1) is 0 Å². The highest BCUT2D eigenvalue weighted by Gasteiger charge is 2.25. The van der Waals surface area contributed by atoms with Crippen molar-refractivity contribution >= 4 is 5.95 Å². The van der Waals surface area contributed by atoms with E-state index in [9.17, 15) is 0 Å². The molecule has 1 fully saturated rings. The molecule has 0 saturated carbocycles. The van der Waals surface area contributed by atoms with Gasteiger partial charge in [0.05, 0.1) is 17.9 Å². The van der Waals surface area contributed by atoms with Gasteiger partial charge in [-0.25, -0.2) is 9.97 Å². The Morgan fingerprint density at radius 1 is 0.964 bits per heavy atom. The van der Waals surface area contributed by atoms with Gasteiger partial charge in [0.15, 0.2) is 0 Å². The lowest BCUT2D eigenvalue weighted by atomic mass is 10.0. The topological polar surface area (TPSA) is 64.0 Å². The Kier molecular flexibility index (Phi) is 5.05. The summed E-state index contributed by atoms with van der Waals surface area (Å²) in [6.07, 6.45) is 5.85. The van der Waals surface area contributed by atoms with Crippen LogP contribution >= 0.6 is 0 Å². The molecule has 0 amide bonds. The van der Waals surface area contributed by atoms with E-state index in [0.29, 0.717) is 0 Å². The number of pyridine rings is 2. The second kappa shape index (κ2) is 7.64. The lowest BCUT2D eigenvalue weighted by Crippen LogP contribution is -2.46. The van der Waals surface area contributed by atoms with E-state index in [4.69, 9.17) is 14.7 Å². The Morgan fingerprint density at radius 2 is 1.75 bits per heavy atom. The van der Waals surface area contributed by atoms with Gasteiger partial charge in [-0.1, -0.05) is 0 Å². The SMILES string of the molecule is Cc1cc(-c2cnc(N3C[C@@H](C)O[C@@H](C)C3)nc2-c2cccnc2C)ccn1. The molecule has 3 aromatic rings. The van der Waals surface area contributed by atoms with Crippen molar-refractivity contribution in [1.82, 2.24) is 19.9 Å². The third-order valence-corrected chi connectivity index (χ3v) is 4.95. The predicted molar refractivity (Wildman–Crippen MR) is 110 cm³/mol. The van der Waals surface area contributed by atoms with Crippen LogP contribution in [0.2, 0.25) is 0 Å². The number of nitrogens with zero attached hydrogens (tertiary/aromatic N) is 5. The molecule has 1 aliphatic heterocycles. The van der Waals surface area contributed by atoms with Crippen molar-refractivity contribution in [2.24, 2.45) is 0 Å². The Bertz CT molecular complexity index is 980. The second-order valence-corrected chi connectivity index (χ2v) is 7.42. The fourth-order valence-corrected chi connectivity index (χ4v) is 3.73. The number of anilines is 1. The molecule has 0 aliphatic carbocycles. The molecule has 1 saturated heterocycles. The zero-order chi connectivity index (χ0) is 19.7. The molecule has 6 heteroatoms. The number of morpholine rings is 1. The number of hydrogen-bond acceptors (Lipinski definition) is 6. The maximum Gasteiger partial charge on any atom is 0.226 e. The summed E-state index contributed by atoms with van der Waals surface area (Å²) in [5.74, 6) is 0.731. The van der Waals surface area contributed by atoms with Gasteiger partial charge in [0.25, 0.3) is 0 Å². The number of aromatic nitrogens is 4. The van der Waals surface area contributed by atoms with Crippen molar-refractivity contribution in [1.29, 1.82) is 0 Å². The van der Waals surface area contributed by atoms with E-state index in [1.54, 1.807) is 0 Å². The van der Waals surface area contributed by atoms with Crippen molar-refractivity contribution in [2.45, 2.75) is 39.9 Å². The average Bonchev–Trinajstić information content (AvgIpc) is 2.67. The molecule has 4 heterocycles. The highest BCUT2D eigenvalue weighted by atomic mass is 16.5. The maximum atomic E-state index is 5.86. The first-order chi connectivity index (χ1) is 13.5. The Balaban J connectivity index is 1.85. The lowest BCUT2D eigenvalue weighted by Gasteiger charge is -2.35. The van der Waals surface area contributed by atoms with E-state index in [2.05, 4.69) is 40.8 Å². The number of ether oxygens (including phenoxy) is 1. The van der Waals surface area contributed by atoms with Crippen LogP contribution in [0.5, 0.6) is 0 Å². The fraction of sp³-hybridized carbons (Fsp3) is 0.364. The zero-order valence-corrected chi connectivity index (χ0v) is 16.8. The van der Waals surface area contributed by atoms with Crippen LogP contribution in [-0.2, 0) is 4.74 Å². The van der Waals surface area contributed by atoms with Crippen LogP contribution in [-0.4, -0.2) is 45.2 Å². The van der Waals surface area contributed by atoms with Gasteiger partial charge in [0.1, 0.15) is 0 Å². The number of rotatable bonds is 3. The van der Waals surface area contributed by atoms with Crippen molar-refractivity contribution in [3.8, 4) is 22.4 Å². The first-order valence-corrected chi connectivity index (χ1v) is 9.63. The molecule has 4 rings (SSSR count). The second-order valence-electron chi connectivity index (χ2n) is 7.42. The molecule has 0 radical (unpaired) electrons. The average molecular weight is 375 g/mol. The van der Waals surface area contributed by atoms with E-state index >= 15 is 0 Å². The summed E-state index contributed by atoms with van der Waals surface area (Å²) in [7, 11) is 0. The molecule has 0 aromatic carbocycles. The van der Waals surface area contributed by atoms with Gasteiger partial charge in [-0.05, 0) is 57.5 Å². The monoisotopic (exact) mass is 375 g/mol. The van der Waals surface area contributed by atoms with Crippen molar-refractivity contribution in [3.05, 3.63) is 54.2 Å². The van der Waals surface area contributed by atoms with Crippen LogP contribution in [0.3, 0.4) is 0 Å². The summed E-state index contributed by atoms with van der Waals surface area (Å²) >= 11 is 0. The summed E-state index contributed by atoms with van der Waals surface area (Å²) < 4.78 is 5.86. The minimum Gasteiger partial charge on any atom is -0.372 e. The Morgan fingerprint density at radius 3 is 2.46 bits per heavy atom. The minimum atomic E-state index is 0.151. The van der Waals surface area contributed by atoms with E-state index in [1.165, 1.54) is 0 Å². The smallest absolute Gasteiger partial charge is 0.226 e. The molecular formula is C22H25N5O. The molecule has 6 nitrogen and oxygen atoms in total. The third-order valence-electron chi connectivity index (χ3n) is 4.95. The van der Waals surface area contributed by atoms with Crippen molar-refractivity contribution in [2.75, 3.05) is 18.0 Å². The van der Waals surface area contributed by atoms with E-state index in [1.807, 2.05) is 44.6 Å². The van der Waals surface area contributed by atoms with Crippen molar-refractivity contribution < 1.29 is 4.74 Å². The highest BCUT2D eigenvalue weighted by molar-refractivity contribution is 5.81. The van der Waals surface area contributed by atoms with E-state index < -0.39 is 0 Å². The zero-order valence-electron chi connectivity index (χ0n) is 16.8. The number of hydrogen-bond donors (Lipinski definition) is 0. The van der Waals surface area contributed by atoms with Crippen LogP contribution in [0, 0.1) is 13.8 Å². The van der Waals surface area contributed by atoms with Crippen LogP contribution in [0.1, 0.15) is 25.2 Å². The molecule has 3 aromatic heterocycles. The summed E-state index contributed by atoms with van der Waals surface area (Å²) in [5, 5.41) is 0. The summed E-state index contributed by atoms with van der Waals surface area (Å²) in [6.45, 7) is 9.74. The fourth-order valence-electron chi connectivity index (χ4n) is 3.73. The van der Waals surface area contributed by atoms with Gasteiger partial charge in [-0.3, -0.25) is 9.97 Å². The van der Waals surface area contributed by atoms with Gasteiger partial charge in [0, 0.05) is 54.2 Å². The number of aryl methyl sites for hydroxylation is 2. The molecule has 0 N–H and O–H groups in total. The Labute approximate surface area is 165 Å². The molecule has 0 spiro atoms. The lowest BCUT2D eigenvalue weighted by molar-refractivity contribution is -0.00571. The molecule has 144 valence electrons. The van der Waals surface area contributed by atoms with Gasteiger partial charge in [-0.2, -0.15) is 0 Å². The Hall–Kier alpha value is -2.86. The van der Waals surface area contributed by atoms with Crippen LogP contribution in [0.15, 0.2) is 42.9 Å². The predicted octanol–water partition coefficient (Wildman–Crippen LogP) is 3.83. The van der Waals surface area contributed by atoms with E-state index in [0.717, 1.165) is 52.8 Å². The normalized spacial score (nSPS) is 19.6. The molecule has 0 bridgehead atoms. The molecule has 2 atom stereocenters. The van der Waals surface area contributed by atoms with Gasteiger partial charge >= 0.3 is 0 Å². The quantitative estimate of drug-likeness (QED) is 0.693. The summed E-state index contributed by atoms with van der Waals surface area (Å²) in [6, 6.07) is 8.08. The van der Waals surface area contributed by atoms with Gasteiger partial charge < -0.3 is 9.64 Å². The largest absolute Gasteiger partial charge is 0.372 e. The van der Waals surface area contributed by atoms with Crippen LogP contribution in [0.25, 0.3) is 22.4 Å². The molecule has 1 aliphatic rings. The molecule has 28 heavy (non-hydrogen) atoms. The molecule has 0 unspecified atom stereocenters.